The number of hydrogen-bond donors (Lipinski definition) is 1. The van der Waals surface area contributed by atoms with Crippen molar-refractivity contribution in [3.05, 3.63) is 113 Å². The van der Waals surface area contributed by atoms with Crippen LogP contribution < -0.4 is 5.73 Å². The average Bonchev–Trinajstić information content (AvgIpc) is 3.72. The summed E-state index contributed by atoms with van der Waals surface area (Å²) in [4.78, 5) is 17.9. The molecule has 0 aliphatic heterocycles. The van der Waals surface area contributed by atoms with E-state index in [4.69, 9.17) is 5.73 Å². The molecule has 2 aromatic heterocycles. The van der Waals surface area contributed by atoms with Gasteiger partial charge in [-0.05, 0) is 66.6 Å². The number of nitrogens with zero attached hydrogens (tertiary/aromatic N) is 3. The fraction of sp³-hybridized carbons (Fsp3) is 0.281. The molecule has 12 heteroatoms. The quantitative estimate of drug-likeness (QED) is 0.164. The molecule has 230 valence electrons. The van der Waals surface area contributed by atoms with E-state index in [0.29, 0.717) is 40.4 Å². The normalized spacial score (nSPS) is 13.9. The first kappa shape index (κ1) is 31.0. The third-order valence-corrected chi connectivity index (χ3v) is 7.51. The molecule has 1 atom stereocenters. The van der Waals surface area contributed by atoms with Gasteiger partial charge in [-0.15, -0.1) is 0 Å². The molecule has 1 fully saturated rings. The van der Waals surface area contributed by atoms with Gasteiger partial charge in [-0.25, -0.2) is 30.7 Å². The third-order valence-electron chi connectivity index (χ3n) is 7.51. The molecule has 0 unspecified atom stereocenters. The van der Waals surface area contributed by atoms with Gasteiger partial charge in [-0.1, -0.05) is 18.7 Å². The van der Waals surface area contributed by atoms with E-state index in [9.17, 15) is 35.5 Å². The first-order valence-corrected chi connectivity index (χ1v) is 13.8. The molecule has 4 aromatic rings. The van der Waals surface area contributed by atoms with E-state index >= 15 is 0 Å². The molecule has 0 spiro atoms. The number of nitrogens with two attached hydrogens (primary N) is 1. The fourth-order valence-electron chi connectivity index (χ4n) is 5.52. The highest BCUT2D eigenvalue weighted by molar-refractivity contribution is 5.80. The minimum atomic E-state index is -3.14. The summed E-state index contributed by atoms with van der Waals surface area (Å²) in [7, 11) is 0. The number of alkyl halides is 4. The molecular weight excluding hydrogens is 589 g/mol. The average molecular weight is 617 g/mol. The highest BCUT2D eigenvalue weighted by atomic mass is 19.3. The van der Waals surface area contributed by atoms with Crippen LogP contribution in [-0.4, -0.2) is 20.5 Å². The number of carbonyl (C=O) groups excluding carboxylic acids is 1. The number of pyridine rings is 1. The summed E-state index contributed by atoms with van der Waals surface area (Å²) in [6, 6.07) is 10.2. The van der Waals surface area contributed by atoms with Gasteiger partial charge < -0.3 is 5.73 Å². The molecule has 0 saturated heterocycles. The maximum absolute atomic E-state index is 14.4. The molecule has 44 heavy (non-hydrogen) atoms. The Morgan fingerprint density at radius 3 is 2.30 bits per heavy atom. The van der Waals surface area contributed by atoms with E-state index in [2.05, 4.69) is 16.7 Å². The van der Waals surface area contributed by atoms with Gasteiger partial charge in [0.1, 0.15) is 35.4 Å². The highest BCUT2D eigenvalue weighted by Crippen LogP contribution is 2.47. The van der Waals surface area contributed by atoms with Crippen LogP contribution in [0.5, 0.6) is 0 Å². The summed E-state index contributed by atoms with van der Waals surface area (Å²) in [5.41, 5.74) is 5.47. The van der Waals surface area contributed by atoms with E-state index in [1.165, 1.54) is 24.4 Å². The van der Waals surface area contributed by atoms with Gasteiger partial charge >= 0.3 is 0 Å². The smallest absolute Gasteiger partial charge is 0.282 e. The number of halogens is 7. The lowest BCUT2D eigenvalue weighted by atomic mass is 9.86. The van der Waals surface area contributed by atoms with Gasteiger partial charge in [0, 0.05) is 47.0 Å². The van der Waals surface area contributed by atoms with Gasteiger partial charge in [0.2, 0.25) is 0 Å². The number of ketones is 1. The zero-order valence-electron chi connectivity index (χ0n) is 23.2. The van der Waals surface area contributed by atoms with E-state index < -0.39 is 65.9 Å². The van der Waals surface area contributed by atoms with Gasteiger partial charge in [0.05, 0.1) is 5.69 Å². The number of benzene rings is 2. The molecule has 1 aliphatic rings. The maximum Gasteiger partial charge on any atom is 0.282 e. The minimum Gasteiger partial charge on any atom is -0.399 e. The van der Waals surface area contributed by atoms with Crippen LogP contribution in [0.3, 0.4) is 0 Å². The summed E-state index contributed by atoms with van der Waals surface area (Å²) in [5, 5.41) is 3.71. The molecule has 2 heterocycles. The van der Waals surface area contributed by atoms with Crippen LogP contribution in [0.15, 0.2) is 61.3 Å². The van der Waals surface area contributed by atoms with Crippen LogP contribution >= 0.6 is 0 Å². The van der Waals surface area contributed by atoms with Gasteiger partial charge in [-0.3, -0.25) is 14.5 Å². The van der Waals surface area contributed by atoms with Crippen molar-refractivity contribution in [2.24, 2.45) is 5.73 Å². The van der Waals surface area contributed by atoms with Crippen LogP contribution in [0, 0.1) is 17.5 Å². The fourth-order valence-corrected chi connectivity index (χ4v) is 5.52. The summed E-state index contributed by atoms with van der Waals surface area (Å²) >= 11 is 0. The second kappa shape index (κ2) is 12.6. The lowest BCUT2D eigenvalue weighted by Gasteiger charge is -2.20. The van der Waals surface area contributed by atoms with Gasteiger partial charge in [-0.2, -0.15) is 5.10 Å². The summed E-state index contributed by atoms with van der Waals surface area (Å²) in [6.07, 6.45) is -4.34. The van der Waals surface area contributed by atoms with Crippen LogP contribution in [-0.2, 0) is 17.8 Å². The predicted octanol–water partition coefficient (Wildman–Crippen LogP) is 8.03. The lowest BCUT2D eigenvalue weighted by molar-refractivity contribution is -0.120. The lowest BCUT2D eigenvalue weighted by Crippen LogP contribution is -2.19. The predicted molar refractivity (Wildman–Crippen MR) is 149 cm³/mol. The van der Waals surface area contributed by atoms with Crippen molar-refractivity contribution >= 4 is 11.5 Å². The summed E-state index contributed by atoms with van der Waals surface area (Å²) in [6.45, 7) is 2.85. The molecule has 0 bridgehead atoms. The SMILES string of the molecule is C=C(N)c1cc(-c2cccnc2[C@@H](CC(=O)Cn2nc(C(F)F)c(C3CC3)c2C(F)F)Cc2cc(F)cc(F)c2)ccc1F. The summed E-state index contributed by atoms with van der Waals surface area (Å²) < 4.78 is 98.9. The number of hydrogen-bond acceptors (Lipinski definition) is 4. The number of rotatable bonds is 12. The van der Waals surface area contributed by atoms with Gasteiger partial charge in [0.25, 0.3) is 12.9 Å². The Labute approximate surface area is 248 Å². The Morgan fingerprint density at radius 1 is 0.977 bits per heavy atom. The Balaban J connectivity index is 1.54. The van der Waals surface area contributed by atoms with Crippen molar-refractivity contribution in [3.63, 3.8) is 0 Å². The van der Waals surface area contributed by atoms with Crippen molar-refractivity contribution < 1.29 is 35.5 Å². The first-order valence-electron chi connectivity index (χ1n) is 13.8. The van der Waals surface area contributed by atoms with E-state index in [1.807, 2.05) is 0 Å². The molecule has 2 aromatic carbocycles. The Kier molecular flexibility index (Phi) is 8.89. The van der Waals surface area contributed by atoms with Crippen molar-refractivity contribution in [2.45, 2.75) is 56.9 Å². The molecule has 1 aliphatic carbocycles. The van der Waals surface area contributed by atoms with Crippen molar-refractivity contribution in [1.29, 1.82) is 0 Å². The topological polar surface area (TPSA) is 73.8 Å². The molecule has 0 radical (unpaired) electrons. The highest BCUT2D eigenvalue weighted by Gasteiger charge is 2.38. The molecular formula is C32H27F7N4O. The monoisotopic (exact) mass is 616 g/mol. The van der Waals surface area contributed by atoms with Crippen LogP contribution in [0.25, 0.3) is 16.8 Å². The van der Waals surface area contributed by atoms with Crippen molar-refractivity contribution in [2.75, 3.05) is 0 Å². The molecule has 2 N–H and O–H groups in total. The maximum atomic E-state index is 14.4. The zero-order valence-corrected chi connectivity index (χ0v) is 23.2. The van der Waals surface area contributed by atoms with Crippen molar-refractivity contribution in [1.82, 2.24) is 14.8 Å². The largest absolute Gasteiger partial charge is 0.399 e. The third kappa shape index (κ3) is 6.68. The minimum absolute atomic E-state index is 0.0282. The Hall–Kier alpha value is -4.48. The van der Waals surface area contributed by atoms with E-state index in [1.54, 1.807) is 12.1 Å². The number of Topliss-reactive ketones (excluding diaryl/α,β-unsaturated/α-hetero) is 1. The standard InChI is InChI=1S/C32H27F7N4O/c1-16(40)25-13-19(6-7-26(25)35)24-3-2-8-41-28(24)20(9-17-10-21(33)14-22(34)11-17)12-23(44)15-43-30(32(38)39)27(18-4-5-18)29(42-43)31(36)37/h2-3,6-8,10-11,13-14,18,20,31-32H,1,4-5,9,12,15,40H2/t20-/m1/s1. The Bertz CT molecular complexity index is 1690. The number of carbonyl (C=O) groups is 1. The Morgan fingerprint density at radius 2 is 1.68 bits per heavy atom. The van der Waals surface area contributed by atoms with E-state index in [-0.39, 0.29) is 35.2 Å². The molecule has 5 rings (SSSR count). The molecule has 0 amide bonds. The summed E-state index contributed by atoms with van der Waals surface area (Å²) in [5.74, 6) is -4.29. The van der Waals surface area contributed by atoms with Crippen LogP contribution in [0.4, 0.5) is 30.7 Å². The van der Waals surface area contributed by atoms with E-state index in [0.717, 1.165) is 12.1 Å². The van der Waals surface area contributed by atoms with Crippen LogP contribution in [0.1, 0.15) is 77.7 Å². The molecule has 5 nitrogen and oxygen atoms in total. The van der Waals surface area contributed by atoms with Gasteiger partial charge in [0.15, 0.2) is 5.78 Å². The van der Waals surface area contributed by atoms with Crippen LogP contribution in [0.2, 0.25) is 0 Å². The first-order chi connectivity index (χ1) is 20.9. The second-order valence-electron chi connectivity index (χ2n) is 10.8. The second-order valence-corrected chi connectivity index (χ2v) is 10.8. The van der Waals surface area contributed by atoms with Crippen molar-refractivity contribution in [3.8, 4) is 11.1 Å². The molecule has 1 saturated carbocycles. The zero-order chi connectivity index (χ0) is 31.7. The number of aromatic nitrogens is 3.